The van der Waals surface area contributed by atoms with Gasteiger partial charge in [0, 0.05) is 45.8 Å². The van der Waals surface area contributed by atoms with Crippen molar-refractivity contribution in [3.63, 3.8) is 0 Å². The number of nitrogens with one attached hydrogen (secondary N) is 1. The Kier molecular flexibility index (Phi) is 8.76. The van der Waals surface area contributed by atoms with Gasteiger partial charge in [-0.25, -0.2) is 4.79 Å². The lowest BCUT2D eigenvalue weighted by Crippen LogP contribution is -2.52. The molecule has 0 aromatic heterocycles. The molecular formula is C26H34N4O4. The van der Waals surface area contributed by atoms with Crippen molar-refractivity contribution in [2.24, 2.45) is 0 Å². The van der Waals surface area contributed by atoms with Gasteiger partial charge in [-0.05, 0) is 30.7 Å². The van der Waals surface area contributed by atoms with E-state index < -0.39 is 0 Å². The predicted molar refractivity (Wildman–Crippen MR) is 130 cm³/mol. The van der Waals surface area contributed by atoms with Gasteiger partial charge in [0.25, 0.3) is 5.91 Å². The number of morpholine rings is 1. The Balaban J connectivity index is 1.19. The lowest BCUT2D eigenvalue weighted by Gasteiger charge is -2.35. The number of carbonyl (C=O) groups excluding carboxylic acids is 2. The summed E-state index contributed by atoms with van der Waals surface area (Å²) in [4.78, 5) is 31.3. The minimum Gasteiger partial charge on any atom is -0.484 e. The molecule has 1 atom stereocenters. The fourth-order valence-corrected chi connectivity index (χ4v) is 4.34. The van der Waals surface area contributed by atoms with Crippen molar-refractivity contribution in [3.8, 4) is 5.75 Å². The third kappa shape index (κ3) is 7.20. The lowest BCUT2D eigenvalue weighted by atomic mass is 10.2. The van der Waals surface area contributed by atoms with Crippen LogP contribution in [0.4, 0.5) is 4.79 Å². The SMILES string of the molecule is O=C(COc1ccccc1)N1CCCN(C[C@@H]2CN(C(=O)NCc3ccccc3)CCO2)CC1. The molecule has 8 heteroatoms. The zero-order valence-corrected chi connectivity index (χ0v) is 19.6. The van der Waals surface area contributed by atoms with E-state index in [1.807, 2.05) is 70.5 Å². The molecule has 182 valence electrons. The van der Waals surface area contributed by atoms with Gasteiger partial charge in [-0.2, -0.15) is 0 Å². The highest BCUT2D eigenvalue weighted by atomic mass is 16.5. The molecule has 0 spiro atoms. The number of carbonyl (C=O) groups is 2. The summed E-state index contributed by atoms with van der Waals surface area (Å²) in [6.07, 6.45) is 0.880. The lowest BCUT2D eigenvalue weighted by molar-refractivity contribution is -0.133. The van der Waals surface area contributed by atoms with Crippen molar-refractivity contribution in [3.05, 3.63) is 66.2 Å². The van der Waals surface area contributed by atoms with Crippen LogP contribution in [0.1, 0.15) is 12.0 Å². The predicted octanol–water partition coefficient (Wildman–Crippen LogP) is 2.21. The summed E-state index contributed by atoms with van der Waals surface area (Å²) in [5.74, 6) is 0.722. The third-order valence-corrected chi connectivity index (χ3v) is 6.22. The fraction of sp³-hybridized carbons (Fsp3) is 0.462. The first-order valence-corrected chi connectivity index (χ1v) is 12.0. The maximum atomic E-state index is 12.6. The summed E-state index contributed by atoms with van der Waals surface area (Å²) in [6.45, 7) is 6.14. The Morgan fingerprint density at radius 2 is 1.68 bits per heavy atom. The molecule has 0 bridgehead atoms. The van der Waals surface area contributed by atoms with Crippen LogP contribution in [0.2, 0.25) is 0 Å². The maximum absolute atomic E-state index is 12.6. The smallest absolute Gasteiger partial charge is 0.317 e. The van der Waals surface area contributed by atoms with Gasteiger partial charge in [-0.3, -0.25) is 9.69 Å². The number of ether oxygens (including phenoxy) is 2. The Hall–Kier alpha value is -3.10. The minimum atomic E-state index is -0.0526. The van der Waals surface area contributed by atoms with Gasteiger partial charge >= 0.3 is 6.03 Å². The van der Waals surface area contributed by atoms with Crippen LogP contribution in [0.25, 0.3) is 0 Å². The molecule has 0 radical (unpaired) electrons. The second kappa shape index (κ2) is 12.4. The normalized spacial score (nSPS) is 19.4. The maximum Gasteiger partial charge on any atom is 0.317 e. The summed E-state index contributed by atoms with van der Waals surface area (Å²) in [5, 5.41) is 3.01. The van der Waals surface area contributed by atoms with E-state index in [1.54, 1.807) is 0 Å². The van der Waals surface area contributed by atoms with Crippen LogP contribution in [0.3, 0.4) is 0 Å². The second-order valence-electron chi connectivity index (χ2n) is 8.72. The molecule has 3 amide bonds. The van der Waals surface area contributed by atoms with Crippen LogP contribution in [-0.4, -0.2) is 91.8 Å². The zero-order chi connectivity index (χ0) is 23.6. The number of hydrogen-bond acceptors (Lipinski definition) is 5. The van der Waals surface area contributed by atoms with Crippen molar-refractivity contribution >= 4 is 11.9 Å². The minimum absolute atomic E-state index is 0.0147. The van der Waals surface area contributed by atoms with Gasteiger partial charge in [0.15, 0.2) is 6.61 Å². The van der Waals surface area contributed by atoms with E-state index in [1.165, 1.54) is 0 Å². The van der Waals surface area contributed by atoms with E-state index in [2.05, 4.69) is 10.2 Å². The van der Waals surface area contributed by atoms with Gasteiger partial charge in [-0.1, -0.05) is 48.5 Å². The first-order valence-electron chi connectivity index (χ1n) is 12.0. The molecular weight excluding hydrogens is 432 g/mol. The molecule has 2 aliphatic rings. The van der Waals surface area contributed by atoms with Gasteiger partial charge in [0.2, 0.25) is 0 Å². The molecule has 4 rings (SSSR count). The van der Waals surface area contributed by atoms with Gasteiger partial charge in [0.05, 0.1) is 12.7 Å². The molecule has 0 saturated carbocycles. The average Bonchev–Trinajstić information content (AvgIpc) is 3.13. The number of hydrogen-bond donors (Lipinski definition) is 1. The molecule has 2 aliphatic heterocycles. The molecule has 1 N–H and O–H groups in total. The van der Waals surface area contributed by atoms with Crippen molar-refractivity contribution in [1.29, 1.82) is 0 Å². The molecule has 2 aromatic rings. The summed E-state index contributed by atoms with van der Waals surface area (Å²) in [7, 11) is 0. The van der Waals surface area contributed by atoms with Crippen LogP contribution < -0.4 is 10.1 Å². The number of benzene rings is 2. The number of rotatable bonds is 7. The van der Waals surface area contributed by atoms with Crippen LogP contribution in [0.15, 0.2) is 60.7 Å². The Bertz CT molecular complexity index is 912. The topological polar surface area (TPSA) is 74.4 Å². The molecule has 34 heavy (non-hydrogen) atoms. The van der Waals surface area contributed by atoms with E-state index in [0.29, 0.717) is 38.5 Å². The first kappa shape index (κ1) is 24.0. The summed E-state index contributed by atoms with van der Waals surface area (Å²) in [5.41, 5.74) is 1.08. The fourth-order valence-electron chi connectivity index (χ4n) is 4.34. The molecule has 0 unspecified atom stereocenters. The standard InChI is InChI=1S/C26H34N4O4/c31-25(21-34-23-10-5-2-6-11-23)29-13-7-12-28(14-15-29)19-24-20-30(16-17-33-24)26(32)27-18-22-8-3-1-4-9-22/h1-6,8-11,24H,7,12-21H2,(H,27,32)/t24-/m1/s1. The van der Waals surface area contributed by atoms with Crippen molar-refractivity contribution in [2.45, 2.75) is 19.1 Å². The Morgan fingerprint density at radius 3 is 2.47 bits per heavy atom. The van der Waals surface area contributed by atoms with Gasteiger partial charge < -0.3 is 24.6 Å². The monoisotopic (exact) mass is 466 g/mol. The summed E-state index contributed by atoms with van der Waals surface area (Å²) >= 11 is 0. The molecule has 2 fully saturated rings. The van der Waals surface area contributed by atoms with Gasteiger partial charge in [-0.15, -0.1) is 0 Å². The first-order chi connectivity index (χ1) is 16.7. The van der Waals surface area contributed by atoms with Crippen LogP contribution in [0.5, 0.6) is 5.75 Å². The van der Waals surface area contributed by atoms with E-state index in [4.69, 9.17) is 9.47 Å². The number of nitrogens with zero attached hydrogens (tertiary/aromatic N) is 3. The summed E-state index contributed by atoms with van der Waals surface area (Å²) in [6, 6.07) is 19.3. The molecule has 8 nitrogen and oxygen atoms in total. The number of para-hydroxylation sites is 1. The third-order valence-electron chi connectivity index (χ3n) is 6.22. The molecule has 2 saturated heterocycles. The van der Waals surface area contributed by atoms with Crippen molar-refractivity contribution < 1.29 is 19.1 Å². The van der Waals surface area contributed by atoms with E-state index in [0.717, 1.165) is 38.2 Å². The van der Waals surface area contributed by atoms with Gasteiger partial charge in [0.1, 0.15) is 5.75 Å². The van der Waals surface area contributed by atoms with E-state index in [-0.39, 0.29) is 24.6 Å². The van der Waals surface area contributed by atoms with E-state index >= 15 is 0 Å². The van der Waals surface area contributed by atoms with Crippen molar-refractivity contribution in [2.75, 3.05) is 59.0 Å². The Morgan fingerprint density at radius 1 is 0.912 bits per heavy atom. The highest BCUT2D eigenvalue weighted by Crippen LogP contribution is 2.12. The summed E-state index contributed by atoms with van der Waals surface area (Å²) < 4.78 is 11.6. The van der Waals surface area contributed by atoms with Crippen LogP contribution >= 0.6 is 0 Å². The van der Waals surface area contributed by atoms with E-state index in [9.17, 15) is 9.59 Å². The van der Waals surface area contributed by atoms with Crippen LogP contribution in [-0.2, 0) is 16.1 Å². The largest absolute Gasteiger partial charge is 0.484 e. The number of amides is 3. The highest BCUT2D eigenvalue weighted by molar-refractivity contribution is 5.77. The molecule has 0 aliphatic carbocycles. The zero-order valence-electron chi connectivity index (χ0n) is 19.6. The average molecular weight is 467 g/mol. The molecule has 2 heterocycles. The quantitative estimate of drug-likeness (QED) is 0.677. The second-order valence-corrected chi connectivity index (χ2v) is 8.72. The highest BCUT2D eigenvalue weighted by Gasteiger charge is 2.27. The molecule has 2 aromatic carbocycles. The number of urea groups is 1. The Labute approximate surface area is 201 Å². The van der Waals surface area contributed by atoms with Crippen LogP contribution in [0, 0.1) is 0 Å². The van der Waals surface area contributed by atoms with Crippen molar-refractivity contribution in [1.82, 2.24) is 20.0 Å².